The normalized spacial score (nSPS) is 10.7. The molecule has 1 N–H and O–H groups in total. The van der Waals surface area contributed by atoms with Crippen molar-refractivity contribution in [3.05, 3.63) is 73.1 Å². The SMILES string of the molecule is Cc1cc(C)c(-c2csc(NC(=O)c3ccc(Cl)cc3[N+](=O)[O-])n2)c(C)c1. The van der Waals surface area contributed by atoms with Crippen LogP contribution in [0.5, 0.6) is 0 Å². The van der Waals surface area contributed by atoms with Gasteiger partial charge in [0.15, 0.2) is 5.13 Å². The van der Waals surface area contributed by atoms with Crippen LogP contribution in [0, 0.1) is 30.9 Å². The van der Waals surface area contributed by atoms with Gasteiger partial charge in [0.2, 0.25) is 0 Å². The summed E-state index contributed by atoms with van der Waals surface area (Å²) in [5.41, 5.74) is 4.75. The maximum atomic E-state index is 12.5. The Kier molecular flexibility index (Phi) is 5.25. The lowest BCUT2D eigenvalue weighted by atomic mass is 9.98. The van der Waals surface area contributed by atoms with E-state index in [4.69, 9.17) is 11.6 Å². The number of rotatable bonds is 4. The summed E-state index contributed by atoms with van der Waals surface area (Å²) in [4.78, 5) is 27.5. The first-order chi connectivity index (χ1) is 12.8. The zero-order valence-electron chi connectivity index (χ0n) is 14.9. The van der Waals surface area contributed by atoms with Gasteiger partial charge in [0, 0.05) is 22.0 Å². The minimum atomic E-state index is -0.632. The number of anilines is 1. The maximum absolute atomic E-state index is 12.5. The summed E-state index contributed by atoms with van der Waals surface area (Å²) in [6.45, 7) is 6.07. The number of nitro benzene ring substituents is 1. The summed E-state index contributed by atoms with van der Waals surface area (Å²) < 4.78 is 0. The van der Waals surface area contributed by atoms with Crippen molar-refractivity contribution in [2.45, 2.75) is 20.8 Å². The molecule has 138 valence electrons. The third kappa shape index (κ3) is 3.99. The van der Waals surface area contributed by atoms with Crippen molar-refractivity contribution >= 4 is 39.7 Å². The van der Waals surface area contributed by atoms with Crippen molar-refractivity contribution in [3.8, 4) is 11.3 Å². The predicted octanol–water partition coefficient (Wildman–Crippen LogP) is 5.55. The molecule has 1 aromatic heterocycles. The fourth-order valence-corrected chi connectivity index (χ4v) is 3.91. The molecular weight excluding hydrogens is 386 g/mol. The van der Waals surface area contributed by atoms with Crippen molar-refractivity contribution in [1.29, 1.82) is 0 Å². The highest BCUT2D eigenvalue weighted by Crippen LogP contribution is 2.31. The number of carbonyl (C=O) groups excluding carboxylic acids is 1. The van der Waals surface area contributed by atoms with Crippen LogP contribution < -0.4 is 5.32 Å². The molecule has 3 aromatic rings. The van der Waals surface area contributed by atoms with Gasteiger partial charge in [-0.05, 0) is 44.0 Å². The summed E-state index contributed by atoms with van der Waals surface area (Å²) in [6.07, 6.45) is 0. The van der Waals surface area contributed by atoms with Crippen LogP contribution in [-0.4, -0.2) is 15.8 Å². The number of hydrogen-bond acceptors (Lipinski definition) is 5. The molecule has 0 fully saturated rings. The van der Waals surface area contributed by atoms with Crippen LogP contribution in [0.3, 0.4) is 0 Å². The first-order valence-corrected chi connectivity index (χ1v) is 9.31. The van der Waals surface area contributed by atoms with Crippen LogP contribution in [0.15, 0.2) is 35.7 Å². The van der Waals surface area contributed by atoms with Crippen molar-refractivity contribution in [3.63, 3.8) is 0 Å². The second kappa shape index (κ2) is 7.46. The molecule has 3 rings (SSSR count). The number of nitrogens with one attached hydrogen (secondary N) is 1. The van der Waals surface area contributed by atoms with Crippen LogP contribution in [0.4, 0.5) is 10.8 Å². The third-order valence-electron chi connectivity index (χ3n) is 4.06. The van der Waals surface area contributed by atoms with E-state index >= 15 is 0 Å². The second-order valence-electron chi connectivity index (χ2n) is 6.18. The molecule has 0 bridgehead atoms. The van der Waals surface area contributed by atoms with E-state index in [9.17, 15) is 14.9 Å². The van der Waals surface area contributed by atoms with Gasteiger partial charge in [0.25, 0.3) is 11.6 Å². The van der Waals surface area contributed by atoms with E-state index in [1.54, 1.807) is 0 Å². The van der Waals surface area contributed by atoms with Gasteiger partial charge in [-0.2, -0.15) is 0 Å². The largest absolute Gasteiger partial charge is 0.298 e. The van der Waals surface area contributed by atoms with E-state index in [1.165, 1.54) is 29.0 Å². The van der Waals surface area contributed by atoms with Gasteiger partial charge in [-0.1, -0.05) is 29.3 Å². The van der Waals surface area contributed by atoms with Crippen LogP contribution >= 0.6 is 22.9 Å². The Bertz CT molecular complexity index is 1040. The summed E-state index contributed by atoms with van der Waals surface area (Å²) >= 11 is 7.06. The number of nitrogens with zero attached hydrogens (tertiary/aromatic N) is 2. The molecule has 0 aliphatic carbocycles. The smallest absolute Gasteiger partial charge is 0.283 e. The highest BCUT2D eigenvalue weighted by atomic mass is 35.5. The Balaban J connectivity index is 1.89. The lowest BCUT2D eigenvalue weighted by Crippen LogP contribution is -2.13. The summed E-state index contributed by atoms with van der Waals surface area (Å²) in [7, 11) is 0. The highest BCUT2D eigenvalue weighted by molar-refractivity contribution is 7.14. The topological polar surface area (TPSA) is 85.1 Å². The Morgan fingerprint density at radius 3 is 2.48 bits per heavy atom. The van der Waals surface area contributed by atoms with E-state index < -0.39 is 10.8 Å². The molecule has 2 aromatic carbocycles. The van der Waals surface area contributed by atoms with Gasteiger partial charge >= 0.3 is 0 Å². The molecule has 6 nitrogen and oxygen atoms in total. The highest BCUT2D eigenvalue weighted by Gasteiger charge is 2.21. The Morgan fingerprint density at radius 2 is 1.85 bits per heavy atom. The van der Waals surface area contributed by atoms with E-state index in [-0.39, 0.29) is 16.3 Å². The van der Waals surface area contributed by atoms with Crippen LogP contribution in [0.25, 0.3) is 11.3 Å². The average molecular weight is 402 g/mol. The van der Waals surface area contributed by atoms with Crippen LogP contribution in [0.2, 0.25) is 5.02 Å². The monoisotopic (exact) mass is 401 g/mol. The van der Waals surface area contributed by atoms with E-state index in [0.717, 1.165) is 28.5 Å². The molecule has 0 saturated carbocycles. The first-order valence-electron chi connectivity index (χ1n) is 8.05. The minimum absolute atomic E-state index is 0.0659. The number of hydrogen-bond donors (Lipinski definition) is 1. The zero-order chi connectivity index (χ0) is 19.7. The zero-order valence-corrected chi connectivity index (χ0v) is 16.4. The van der Waals surface area contributed by atoms with E-state index in [2.05, 4.69) is 22.4 Å². The number of amides is 1. The Labute approximate surface area is 165 Å². The molecule has 0 unspecified atom stereocenters. The summed E-state index contributed by atoms with van der Waals surface area (Å²) in [6, 6.07) is 8.09. The van der Waals surface area contributed by atoms with Crippen LogP contribution in [-0.2, 0) is 0 Å². The Hall–Kier alpha value is -2.77. The minimum Gasteiger partial charge on any atom is -0.298 e. The van der Waals surface area contributed by atoms with Crippen molar-refractivity contribution in [2.24, 2.45) is 0 Å². The molecule has 1 amide bonds. The van der Waals surface area contributed by atoms with Crippen molar-refractivity contribution in [2.75, 3.05) is 5.32 Å². The van der Waals surface area contributed by atoms with Crippen molar-refractivity contribution < 1.29 is 9.72 Å². The number of benzene rings is 2. The number of carbonyl (C=O) groups is 1. The summed E-state index contributed by atoms with van der Waals surface area (Å²) in [5.74, 6) is -0.600. The van der Waals surface area contributed by atoms with Gasteiger partial charge in [-0.25, -0.2) is 4.98 Å². The molecule has 0 aliphatic rings. The lowest BCUT2D eigenvalue weighted by Gasteiger charge is -2.08. The molecule has 0 atom stereocenters. The van der Waals surface area contributed by atoms with Gasteiger partial charge in [0.05, 0.1) is 10.6 Å². The number of nitro groups is 1. The van der Waals surface area contributed by atoms with Crippen LogP contribution in [0.1, 0.15) is 27.0 Å². The Morgan fingerprint density at radius 1 is 1.19 bits per heavy atom. The number of thiazole rings is 1. The third-order valence-corrected chi connectivity index (χ3v) is 5.05. The number of halogens is 1. The quantitative estimate of drug-likeness (QED) is 0.458. The summed E-state index contributed by atoms with van der Waals surface area (Å²) in [5, 5.41) is 16.2. The molecule has 1 heterocycles. The fraction of sp³-hybridized carbons (Fsp3) is 0.158. The molecule has 8 heteroatoms. The molecule has 27 heavy (non-hydrogen) atoms. The first kappa shape index (κ1) is 19.0. The predicted molar refractivity (Wildman–Crippen MR) is 108 cm³/mol. The molecular formula is C19H16ClN3O3S. The standard InChI is InChI=1S/C19H16ClN3O3S/c1-10-6-11(2)17(12(3)7-10)15-9-27-19(21-15)22-18(24)14-5-4-13(20)8-16(14)23(25)26/h4-9H,1-3H3,(H,21,22,24). The maximum Gasteiger partial charge on any atom is 0.283 e. The van der Waals surface area contributed by atoms with Gasteiger partial charge in [-0.15, -0.1) is 11.3 Å². The number of aryl methyl sites for hydroxylation is 3. The average Bonchev–Trinajstić information content (AvgIpc) is 3.01. The molecule has 0 aliphatic heterocycles. The van der Waals surface area contributed by atoms with Gasteiger partial charge < -0.3 is 0 Å². The molecule has 0 radical (unpaired) electrons. The van der Waals surface area contributed by atoms with Gasteiger partial charge in [0.1, 0.15) is 5.56 Å². The lowest BCUT2D eigenvalue weighted by molar-refractivity contribution is -0.385. The molecule has 0 spiro atoms. The van der Waals surface area contributed by atoms with Gasteiger partial charge in [-0.3, -0.25) is 20.2 Å². The molecule has 0 saturated heterocycles. The van der Waals surface area contributed by atoms with E-state index in [1.807, 2.05) is 26.2 Å². The fourth-order valence-electron chi connectivity index (χ4n) is 3.04. The second-order valence-corrected chi connectivity index (χ2v) is 7.48. The van der Waals surface area contributed by atoms with E-state index in [0.29, 0.717) is 5.13 Å². The number of aromatic nitrogens is 1. The van der Waals surface area contributed by atoms with Crippen molar-refractivity contribution in [1.82, 2.24) is 4.98 Å².